The average molecular weight is 222 g/mol. The van der Waals surface area contributed by atoms with Crippen LogP contribution in [0.2, 0.25) is 0 Å². The summed E-state index contributed by atoms with van der Waals surface area (Å²) >= 11 is 0. The Morgan fingerprint density at radius 2 is 2.19 bits per heavy atom. The maximum Gasteiger partial charge on any atom is 0.407 e. The third-order valence-electron chi connectivity index (χ3n) is 3.03. The van der Waals surface area contributed by atoms with Crippen molar-refractivity contribution in [3.63, 3.8) is 0 Å². The first-order valence-corrected chi connectivity index (χ1v) is 5.33. The second kappa shape index (κ2) is 4.38. The van der Waals surface area contributed by atoms with Crippen molar-refractivity contribution in [3.8, 4) is 0 Å². The molecule has 0 unspecified atom stereocenters. The average Bonchev–Trinajstić information content (AvgIpc) is 2.29. The smallest absolute Gasteiger partial charge is 0.407 e. The largest absolute Gasteiger partial charge is 0.619 e. The summed E-state index contributed by atoms with van der Waals surface area (Å²) in [7, 11) is 0. The van der Waals surface area contributed by atoms with E-state index in [1.807, 2.05) is 6.07 Å². The molecule has 2 heterocycles. The van der Waals surface area contributed by atoms with Crippen molar-refractivity contribution >= 4 is 6.09 Å². The summed E-state index contributed by atoms with van der Waals surface area (Å²) in [6.45, 7) is 1.10. The predicted octanol–water partition coefficient (Wildman–Crippen LogP) is 1.18. The Balaban J connectivity index is 2.01. The summed E-state index contributed by atoms with van der Waals surface area (Å²) in [6.07, 6.45) is 3.74. The van der Waals surface area contributed by atoms with E-state index in [0.717, 1.165) is 23.1 Å². The van der Waals surface area contributed by atoms with Crippen LogP contribution >= 0.6 is 0 Å². The number of pyridine rings is 1. The minimum atomic E-state index is -0.856. The number of aromatic nitrogens is 1. The Morgan fingerprint density at radius 1 is 1.50 bits per heavy atom. The van der Waals surface area contributed by atoms with Crippen LogP contribution in [0.4, 0.5) is 4.79 Å². The molecular weight excluding hydrogens is 208 g/mol. The van der Waals surface area contributed by atoms with Gasteiger partial charge in [-0.15, -0.1) is 0 Å². The number of piperidine rings is 1. The molecule has 2 rings (SSSR count). The van der Waals surface area contributed by atoms with Crippen LogP contribution in [0.15, 0.2) is 24.5 Å². The summed E-state index contributed by atoms with van der Waals surface area (Å²) in [4.78, 5) is 12.1. The quantitative estimate of drug-likeness (QED) is 0.573. The van der Waals surface area contributed by atoms with E-state index in [1.165, 1.54) is 11.1 Å². The number of carboxylic acid groups (broad SMARTS) is 1. The number of hydrogen-bond donors (Lipinski definition) is 1. The maximum absolute atomic E-state index is 11.1. The zero-order valence-corrected chi connectivity index (χ0v) is 8.87. The predicted molar refractivity (Wildman–Crippen MR) is 57.0 cm³/mol. The van der Waals surface area contributed by atoms with Gasteiger partial charge in [0, 0.05) is 24.7 Å². The molecule has 1 N–H and O–H groups in total. The van der Waals surface area contributed by atoms with Crippen molar-refractivity contribution in [3.05, 3.63) is 35.3 Å². The van der Waals surface area contributed by atoms with Crippen LogP contribution in [0.1, 0.15) is 24.3 Å². The molecule has 1 saturated heterocycles. The normalized spacial score (nSPS) is 17.4. The highest BCUT2D eigenvalue weighted by Crippen LogP contribution is 2.26. The standard InChI is InChI=1S/C11H14N2O3/c14-11(15)12-6-3-9(4-7-12)10-2-1-5-13(16)8-10/h1-2,5,8-9H,3-4,6-7H2,(H,14,15). The summed E-state index contributed by atoms with van der Waals surface area (Å²) in [5, 5.41) is 19.9. The van der Waals surface area contributed by atoms with Crippen LogP contribution in [0.25, 0.3) is 0 Å². The van der Waals surface area contributed by atoms with Crippen molar-refractivity contribution in [1.82, 2.24) is 4.90 Å². The highest BCUT2D eigenvalue weighted by molar-refractivity contribution is 5.65. The zero-order chi connectivity index (χ0) is 11.5. The first kappa shape index (κ1) is 10.7. The summed E-state index contributed by atoms with van der Waals surface area (Å²) in [6, 6.07) is 3.65. The van der Waals surface area contributed by atoms with Crippen molar-refractivity contribution in [2.45, 2.75) is 18.8 Å². The van der Waals surface area contributed by atoms with E-state index in [2.05, 4.69) is 0 Å². The highest BCUT2D eigenvalue weighted by Gasteiger charge is 2.24. The monoisotopic (exact) mass is 222 g/mol. The molecule has 0 aromatic carbocycles. The van der Waals surface area contributed by atoms with Crippen molar-refractivity contribution in [2.24, 2.45) is 0 Å². The van der Waals surface area contributed by atoms with Gasteiger partial charge in [-0.05, 0) is 24.8 Å². The first-order valence-electron chi connectivity index (χ1n) is 5.33. The Morgan fingerprint density at radius 3 is 2.75 bits per heavy atom. The van der Waals surface area contributed by atoms with E-state index in [4.69, 9.17) is 5.11 Å². The lowest BCUT2D eigenvalue weighted by Gasteiger charge is -2.29. The van der Waals surface area contributed by atoms with E-state index in [-0.39, 0.29) is 0 Å². The van der Waals surface area contributed by atoms with Crippen LogP contribution in [0.5, 0.6) is 0 Å². The lowest BCUT2D eigenvalue weighted by atomic mass is 9.91. The van der Waals surface area contributed by atoms with Crippen molar-refractivity contribution in [2.75, 3.05) is 13.1 Å². The zero-order valence-electron chi connectivity index (χ0n) is 8.87. The Hall–Kier alpha value is -1.78. The minimum absolute atomic E-state index is 0.303. The van der Waals surface area contributed by atoms with E-state index < -0.39 is 6.09 Å². The molecule has 1 aliphatic rings. The van der Waals surface area contributed by atoms with Crippen LogP contribution in [-0.2, 0) is 0 Å². The molecule has 86 valence electrons. The molecule has 1 amide bonds. The minimum Gasteiger partial charge on any atom is -0.619 e. The summed E-state index contributed by atoms with van der Waals surface area (Å²) < 4.78 is 0.791. The van der Waals surface area contributed by atoms with Gasteiger partial charge in [0.2, 0.25) is 0 Å². The molecule has 0 aliphatic carbocycles. The highest BCUT2D eigenvalue weighted by atomic mass is 16.5. The van der Waals surface area contributed by atoms with Crippen molar-refractivity contribution in [1.29, 1.82) is 0 Å². The third-order valence-corrected chi connectivity index (χ3v) is 3.03. The third kappa shape index (κ3) is 2.24. The Labute approximate surface area is 93.5 Å². The molecule has 0 atom stereocenters. The fraction of sp³-hybridized carbons (Fsp3) is 0.455. The molecule has 0 saturated carbocycles. The van der Waals surface area contributed by atoms with E-state index in [1.54, 1.807) is 12.3 Å². The number of likely N-dealkylation sites (tertiary alicyclic amines) is 1. The Kier molecular flexibility index (Phi) is 2.94. The lowest BCUT2D eigenvalue weighted by molar-refractivity contribution is -0.606. The van der Waals surface area contributed by atoms with Crippen LogP contribution in [0.3, 0.4) is 0 Å². The molecule has 0 radical (unpaired) electrons. The van der Waals surface area contributed by atoms with Gasteiger partial charge in [0.15, 0.2) is 12.4 Å². The molecule has 1 fully saturated rings. The second-order valence-corrected chi connectivity index (χ2v) is 4.04. The molecular formula is C11H14N2O3. The molecule has 5 nitrogen and oxygen atoms in total. The van der Waals surface area contributed by atoms with Gasteiger partial charge < -0.3 is 15.2 Å². The van der Waals surface area contributed by atoms with Gasteiger partial charge in [0.25, 0.3) is 0 Å². The number of carbonyl (C=O) groups is 1. The molecule has 0 bridgehead atoms. The molecule has 16 heavy (non-hydrogen) atoms. The molecule has 0 spiro atoms. The summed E-state index contributed by atoms with van der Waals surface area (Å²) in [5.41, 5.74) is 1.00. The molecule has 5 heteroatoms. The van der Waals surface area contributed by atoms with Gasteiger partial charge in [-0.25, -0.2) is 4.79 Å². The molecule has 1 aliphatic heterocycles. The van der Waals surface area contributed by atoms with Gasteiger partial charge in [-0.3, -0.25) is 0 Å². The first-order chi connectivity index (χ1) is 7.66. The fourth-order valence-electron chi connectivity index (χ4n) is 2.12. The number of hydrogen-bond acceptors (Lipinski definition) is 2. The van der Waals surface area contributed by atoms with E-state index >= 15 is 0 Å². The van der Waals surface area contributed by atoms with Crippen LogP contribution in [0, 0.1) is 5.21 Å². The fourth-order valence-corrected chi connectivity index (χ4v) is 2.12. The second-order valence-electron chi connectivity index (χ2n) is 4.04. The summed E-state index contributed by atoms with van der Waals surface area (Å²) in [5.74, 6) is 0.303. The van der Waals surface area contributed by atoms with Crippen LogP contribution < -0.4 is 4.73 Å². The van der Waals surface area contributed by atoms with Gasteiger partial charge in [0.1, 0.15) is 0 Å². The van der Waals surface area contributed by atoms with Crippen molar-refractivity contribution < 1.29 is 14.6 Å². The topological polar surface area (TPSA) is 67.5 Å². The Bertz CT molecular complexity index is 387. The molecule has 1 aromatic rings. The van der Waals surface area contributed by atoms with Gasteiger partial charge in [-0.2, -0.15) is 4.73 Å². The van der Waals surface area contributed by atoms with E-state index in [9.17, 15) is 10.0 Å². The number of rotatable bonds is 1. The number of amides is 1. The van der Waals surface area contributed by atoms with Crippen LogP contribution in [-0.4, -0.2) is 29.2 Å². The van der Waals surface area contributed by atoms with Gasteiger partial charge in [0.05, 0.1) is 0 Å². The lowest BCUT2D eigenvalue weighted by Crippen LogP contribution is -2.37. The SMILES string of the molecule is O=C(O)N1CCC(c2ccc[n+]([O-])c2)CC1. The maximum atomic E-state index is 11.1. The molecule has 1 aromatic heterocycles. The van der Waals surface area contributed by atoms with Gasteiger partial charge >= 0.3 is 6.09 Å². The van der Waals surface area contributed by atoms with Gasteiger partial charge in [-0.1, -0.05) is 0 Å². The number of nitrogens with zero attached hydrogens (tertiary/aromatic N) is 2. The van der Waals surface area contributed by atoms with E-state index in [0.29, 0.717) is 19.0 Å².